The lowest BCUT2D eigenvalue weighted by Gasteiger charge is -2.17. The van der Waals surface area contributed by atoms with Gasteiger partial charge >= 0.3 is 0 Å². The number of hydrogen-bond donors (Lipinski definition) is 1. The fraction of sp³-hybridized carbons (Fsp3) is 0.188. The van der Waals surface area contributed by atoms with E-state index in [4.69, 9.17) is 27.6 Å². The lowest BCUT2D eigenvalue weighted by molar-refractivity contribution is 0.619. The van der Waals surface area contributed by atoms with Gasteiger partial charge in [-0.1, -0.05) is 23.2 Å². The summed E-state index contributed by atoms with van der Waals surface area (Å²) >= 11 is 12.1. The summed E-state index contributed by atoms with van der Waals surface area (Å²) in [5.74, 6) is 0.572. The topological polar surface area (TPSA) is 38.1 Å². The molecule has 0 unspecified atom stereocenters. The number of fused-ring (bicyclic) bond motifs is 2. The molecule has 1 aliphatic heterocycles. The van der Waals surface area contributed by atoms with Crippen LogP contribution in [0.15, 0.2) is 34.7 Å². The molecule has 0 atom stereocenters. The molecule has 0 spiro atoms. The molecule has 21 heavy (non-hydrogen) atoms. The molecule has 0 amide bonds. The number of hydrogen-bond acceptors (Lipinski definition) is 3. The zero-order valence-electron chi connectivity index (χ0n) is 11.1. The Labute approximate surface area is 131 Å². The zero-order valence-corrected chi connectivity index (χ0v) is 12.6. The van der Waals surface area contributed by atoms with Crippen LogP contribution in [0.25, 0.3) is 22.6 Å². The van der Waals surface area contributed by atoms with Crippen LogP contribution in [0.2, 0.25) is 10.0 Å². The first-order chi connectivity index (χ1) is 10.2. The highest BCUT2D eigenvalue weighted by Gasteiger charge is 2.15. The number of nitrogens with one attached hydrogen (secondary N) is 1. The summed E-state index contributed by atoms with van der Waals surface area (Å²) in [6.45, 7) is 1.03. The first-order valence-corrected chi connectivity index (χ1v) is 7.59. The molecule has 0 aliphatic carbocycles. The van der Waals surface area contributed by atoms with Gasteiger partial charge in [-0.25, -0.2) is 4.98 Å². The van der Waals surface area contributed by atoms with Crippen molar-refractivity contribution in [2.45, 2.75) is 12.8 Å². The van der Waals surface area contributed by atoms with E-state index in [1.165, 1.54) is 11.3 Å². The van der Waals surface area contributed by atoms with Crippen LogP contribution in [0.5, 0.6) is 0 Å². The second kappa shape index (κ2) is 4.93. The number of rotatable bonds is 1. The molecule has 4 rings (SSSR count). The predicted molar refractivity (Wildman–Crippen MR) is 86.3 cm³/mol. The third-order valence-corrected chi connectivity index (χ3v) is 4.20. The number of aryl methyl sites for hydroxylation is 1. The van der Waals surface area contributed by atoms with Gasteiger partial charge in [0.25, 0.3) is 0 Å². The Balaban J connectivity index is 1.84. The monoisotopic (exact) mass is 318 g/mol. The van der Waals surface area contributed by atoms with Crippen LogP contribution in [-0.2, 0) is 6.42 Å². The van der Waals surface area contributed by atoms with Gasteiger partial charge in [0.2, 0.25) is 5.89 Å². The van der Waals surface area contributed by atoms with Crippen molar-refractivity contribution in [3.05, 3.63) is 45.9 Å². The van der Waals surface area contributed by atoms with Crippen molar-refractivity contribution < 1.29 is 4.42 Å². The van der Waals surface area contributed by atoms with Gasteiger partial charge in [0.05, 0.1) is 5.02 Å². The van der Waals surface area contributed by atoms with Crippen molar-refractivity contribution in [3.63, 3.8) is 0 Å². The lowest BCUT2D eigenvalue weighted by atomic mass is 10.0. The van der Waals surface area contributed by atoms with Gasteiger partial charge in [0.15, 0.2) is 5.58 Å². The Morgan fingerprint density at radius 3 is 2.95 bits per heavy atom. The van der Waals surface area contributed by atoms with Crippen LogP contribution in [0.4, 0.5) is 5.69 Å². The van der Waals surface area contributed by atoms with Crippen molar-refractivity contribution in [2.75, 3.05) is 11.9 Å². The van der Waals surface area contributed by atoms with E-state index in [0.29, 0.717) is 27.0 Å². The average Bonchev–Trinajstić information content (AvgIpc) is 2.91. The number of anilines is 1. The lowest BCUT2D eigenvalue weighted by Crippen LogP contribution is -2.11. The summed E-state index contributed by atoms with van der Waals surface area (Å²) in [6.07, 6.45) is 2.22. The maximum Gasteiger partial charge on any atom is 0.227 e. The van der Waals surface area contributed by atoms with Crippen LogP contribution < -0.4 is 5.32 Å². The number of benzene rings is 2. The molecule has 106 valence electrons. The molecule has 2 heterocycles. The van der Waals surface area contributed by atoms with Crippen molar-refractivity contribution in [2.24, 2.45) is 0 Å². The average molecular weight is 319 g/mol. The van der Waals surface area contributed by atoms with Gasteiger partial charge in [0, 0.05) is 22.8 Å². The Bertz CT molecular complexity index is 842. The summed E-state index contributed by atoms with van der Waals surface area (Å²) in [5, 5.41) is 4.43. The first kappa shape index (κ1) is 13.0. The summed E-state index contributed by atoms with van der Waals surface area (Å²) in [6, 6.07) is 9.64. The Morgan fingerprint density at radius 1 is 1.14 bits per heavy atom. The van der Waals surface area contributed by atoms with Gasteiger partial charge in [-0.3, -0.25) is 0 Å². The van der Waals surface area contributed by atoms with Crippen LogP contribution in [0.1, 0.15) is 12.0 Å². The standard InChI is InChI=1S/C16H12Cl2N2O/c17-11-7-12(18)15-14(8-11)20-16(21-15)10-3-4-13-9(6-10)2-1-5-19-13/h3-4,6-8,19H,1-2,5H2. The smallest absolute Gasteiger partial charge is 0.227 e. The minimum absolute atomic E-state index is 0.482. The summed E-state index contributed by atoms with van der Waals surface area (Å²) in [7, 11) is 0. The molecule has 0 saturated carbocycles. The number of nitrogens with zero attached hydrogens (tertiary/aromatic N) is 1. The number of oxazole rings is 1. The second-order valence-corrected chi connectivity index (χ2v) is 6.00. The Hall–Kier alpha value is -1.71. The molecule has 3 nitrogen and oxygen atoms in total. The Kier molecular flexibility index (Phi) is 3.05. The van der Waals surface area contributed by atoms with Gasteiger partial charge < -0.3 is 9.73 Å². The largest absolute Gasteiger partial charge is 0.435 e. The van der Waals surface area contributed by atoms with Crippen LogP contribution in [-0.4, -0.2) is 11.5 Å². The minimum atomic E-state index is 0.482. The molecule has 1 N–H and O–H groups in total. The van der Waals surface area contributed by atoms with Crippen molar-refractivity contribution in [1.82, 2.24) is 4.98 Å². The molecule has 0 radical (unpaired) electrons. The molecule has 5 heteroatoms. The van der Waals surface area contributed by atoms with Crippen LogP contribution in [0.3, 0.4) is 0 Å². The SMILES string of the molecule is Clc1cc(Cl)c2oc(-c3ccc4c(c3)CCCN4)nc2c1. The number of halogens is 2. The number of aromatic nitrogens is 1. The molecular formula is C16H12Cl2N2O. The summed E-state index contributed by atoms with van der Waals surface area (Å²) < 4.78 is 5.81. The fourth-order valence-corrected chi connectivity index (χ4v) is 3.21. The van der Waals surface area contributed by atoms with E-state index in [1.54, 1.807) is 12.1 Å². The van der Waals surface area contributed by atoms with E-state index >= 15 is 0 Å². The second-order valence-electron chi connectivity index (χ2n) is 5.16. The quantitative estimate of drug-likeness (QED) is 0.673. The molecule has 2 aromatic carbocycles. The normalized spacial score (nSPS) is 14.0. The van der Waals surface area contributed by atoms with E-state index in [2.05, 4.69) is 22.4 Å². The zero-order chi connectivity index (χ0) is 14.4. The van der Waals surface area contributed by atoms with E-state index in [-0.39, 0.29) is 0 Å². The summed E-state index contributed by atoms with van der Waals surface area (Å²) in [4.78, 5) is 4.50. The van der Waals surface area contributed by atoms with E-state index in [1.807, 2.05) is 6.07 Å². The molecule has 1 aromatic heterocycles. The molecular weight excluding hydrogens is 307 g/mol. The van der Waals surface area contributed by atoms with Gasteiger partial charge in [-0.2, -0.15) is 0 Å². The molecule has 0 fully saturated rings. The first-order valence-electron chi connectivity index (χ1n) is 6.83. The van der Waals surface area contributed by atoms with E-state index < -0.39 is 0 Å². The fourth-order valence-electron chi connectivity index (χ4n) is 2.69. The molecule has 3 aromatic rings. The molecule has 0 saturated heterocycles. The van der Waals surface area contributed by atoms with Crippen molar-refractivity contribution >= 4 is 40.0 Å². The maximum atomic E-state index is 6.15. The Morgan fingerprint density at radius 2 is 2.05 bits per heavy atom. The van der Waals surface area contributed by atoms with Crippen LogP contribution in [0, 0.1) is 0 Å². The molecule has 1 aliphatic rings. The van der Waals surface area contributed by atoms with Gasteiger partial charge in [-0.15, -0.1) is 0 Å². The maximum absolute atomic E-state index is 6.15. The molecule has 0 bridgehead atoms. The highest BCUT2D eigenvalue weighted by molar-refractivity contribution is 6.38. The van der Waals surface area contributed by atoms with E-state index in [9.17, 15) is 0 Å². The minimum Gasteiger partial charge on any atom is -0.435 e. The van der Waals surface area contributed by atoms with Crippen molar-refractivity contribution in [1.29, 1.82) is 0 Å². The van der Waals surface area contributed by atoms with Crippen LogP contribution >= 0.6 is 23.2 Å². The third-order valence-electron chi connectivity index (χ3n) is 3.70. The predicted octanol–water partition coefficient (Wildman–Crippen LogP) is 5.16. The van der Waals surface area contributed by atoms with Gasteiger partial charge in [-0.05, 0) is 48.7 Å². The highest BCUT2D eigenvalue weighted by Crippen LogP contribution is 2.33. The highest BCUT2D eigenvalue weighted by atomic mass is 35.5. The summed E-state index contributed by atoms with van der Waals surface area (Å²) in [5.41, 5.74) is 4.71. The third kappa shape index (κ3) is 2.27. The van der Waals surface area contributed by atoms with Gasteiger partial charge in [0.1, 0.15) is 5.52 Å². The van der Waals surface area contributed by atoms with Crippen molar-refractivity contribution in [3.8, 4) is 11.5 Å². The van der Waals surface area contributed by atoms with E-state index in [0.717, 1.165) is 24.9 Å².